The molecule has 6 nitrogen and oxygen atoms in total. The van der Waals surface area contributed by atoms with E-state index >= 15 is 0 Å². The first-order valence-corrected chi connectivity index (χ1v) is 10.4. The summed E-state index contributed by atoms with van der Waals surface area (Å²) in [4.78, 5) is 32.7. The van der Waals surface area contributed by atoms with E-state index in [1.807, 2.05) is 11.0 Å². The van der Waals surface area contributed by atoms with Crippen LogP contribution in [-0.4, -0.2) is 59.3 Å². The number of amides is 2. The van der Waals surface area contributed by atoms with Gasteiger partial charge in [-0.05, 0) is 44.0 Å². The molecular weight excluding hydrogens is 364 g/mol. The van der Waals surface area contributed by atoms with E-state index in [4.69, 9.17) is 0 Å². The van der Waals surface area contributed by atoms with E-state index < -0.39 is 0 Å². The summed E-state index contributed by atoms with van der Waals surface area (Å²) >= 11 is 0. The van der Waals surface area contributed by atoms with Crippen LogP contribution in [0, 0.1) is 0 Å². The monoisotopic (exact) mass is 394 g/mol. The van der Waals surface area contributed by atoms with Gasteiger partial charge in [-0.15, -0.1) is 0 Å². The van der Waals surface area contributed by atoms with Crippen LogP contribution in [0.25, 0.3) is 0 Å². The Morgan fingerprint density at radius 3 is 2.48 bits per heavy atom. The predicted molar refractivity (Wildman–Crippen MR) is 115 cm³/mol. The highest BCUT2D eigenvalue weighted by molar-refractivity contribution is 5.94. The molecule has 1 aromatic heterocycles. The molecule has 6 heteroatoms. The van der Waals surface area contributed by atoms with Gasteiger partial charge in [0.05, 0.1) is 11.9 Å². The van der Waals surface area contributed by atoms with Crippen molar-refractivity contribution < 1.29 is 9.59 Å². The van der Waals surface area contributed by atoms with Crippen LogP contribution < -0.4 is 5.32 Å². The van der Waals surface area contributed by atoms with Crippen molar-refractivity contribution in [2.75, 3.05) is 32.0 Å². The molecule has 2 heterocycles. The Bertz CT molecular complexity index is 799. The van der Waals surface area contributed by atoms with E-state index in [0.29, 0.717) is 23.8 Å². The maximum atomic E-state index is 12.7. The van der Waals surface area contributed by atoms with Gasteiger partial charge in [-0.1, -0.05) is 37.3 Å². The topological polar surface area (TPSA) is 65.5 Å². The maximum Gasteiger partial charge on any atom is 0.272 e. The molecule has 1 aliphatic heterocycles. The fourth-order valence-electron chi connectivity index (χ4n) is 3.65. The lowest BCUT2D eigenvalue weighted by Crippen LogP contribution is -2.46. The standard InChI is InChI=1S/C23H30N4O2/c1-3-22(28)25-19-9-10-21(24-17-19)23(29)27-15-12-20(13-16-27)26(2)14-11-18-7-5-4-6-8-18/h4-10,17,20H,3,11-16H2,1-2H3,(H,25,28). The highest BCUT2D eigenvalue weighted by Crippen LogP contribution is 2.18. The number of hydrogen-bond acceptors (Lipinski definition) is 4. The highest BCUT2D eigenvalue weighted by atomic mass is 16.2. The molecule has 0 unspecified atom stereocenters. The van der Waals surface area contributed by atoms with Crippen LogP contribution in [0.5, 0.6) is 0 Å². The Balaban J connectivity index is 1.47. The summed E-state index contributed by atoms with van der Waals surface area (Å²) in [6, 6.07) is 14.5. The number of aromatic nitrogens is 1. The van der Waals surface area contributed by atoms with Crippen LogP contribution in [-0.2, 0) is 11.2 Å². The van der Waals surface area contributed by atoms with Crippen molar-refractivity contribution in [2.24, 2.45) is 0 Å². The van der Waals surface area contributed by atoms with Gasteiger partial charge in [0.15, 0.2) is 0 Å². The lowest BCUT2D eigenvalue weighted by Gasteiger charge is -2.36. The van der Waals surface area contributed by atoms with Crippen molar-refractivity contribution in [3.05, 3.63) is 59.9 Å². The Labute approximate surface area is 172 Å². The lowest BCUT2D eigenvalue weighted by atomic mass is 10.0. The maximum absolute atomic E-state index is 12.7. The van der Waals surface area contributed by atoms with E-state index in [2.05, 4.69) is 46.5 Å². The fraction of sp³-hybridized carbons (Fsp3) is 0.435. The van der Waals surface area contributed by atoms with Crippen molar-refractivity contribution in [1.29, 1.82) is 0 Å². The van der Waals surface area contributed by atoms with Crippen molar-refractivity contribution in [3.8, 4) is 0 Å². The molecule has 1 fully saturated rings. The van der Waals surface area contributed by atoms with Gasteiger partial charge >= 0.3 is 0 Å². The first-order chi connectivity index (χ1) is 14.1. The van der Waals surface area contributed by atoms with E-state index in [9.17, 15) is 9.59 Å². The highest BCUT2D eigenvalue weighted by Gasteiger charge is 2.26. The Morgan fingerprint density at radius 2 is 1.86 bits per heavy atom. The van der Waals surface area contributed by atoms with Crippen molar-refractivity contribution in [1.82, 2.24) is 14.8 Å². The van der Waals surface area contributed by atoms with Gasteiger partial charge in [-0.2, -0.15) is 0 Å². The molecule has 29 heavy (non-hydrogen) atoms. The van der Waals surface area contributed by atoms with Gasteiger partial charge in [0.25, 0.3) is 5.91 Å². The molecule has 0 saturated carbocycles. The number of piperidine rings is 1. The van der Waals surface area contributed by atoms with Gasteiger partial charge in [0.1, 0.15) is 5.69 Å². The summed E-state index contributed by atoms with van der Waals surface area (Å²) in [6.07, 6.45) is 4.95. The fourth-order valence-corrected chi connectivity index (χ4v) is 3.65. The second-order valence-electron chi connectivity index (χ2n) is 7.57. The third-order valence-corrected chi connectivity index (χ3v) is 5.56. The zero-order valence-corrected chi connectivity index (χ0v) is 17.3. The number of likely N-dealkylation sites (N-methyl/N-ethyl adjacent to an activating group) is 1. The first-order valence-electron chi connectivity index (χ1n) is 10.4. The quantitative estimate of drug-likeness (QED) is 0.783. The average Bonchev–Trinajstić information content (AvgIpc) is 2.78. The second kappa shape index (κ2) is 10.2. The normalized spacial score (nSPS) is 14.8. The summed E-state index contributed by atoms with van der Waals surface area (Å²) in [5.41, 5.74) is 2.40. The molecule has 1 saturated heterocycles. The number of anilines is 1. The van der Waals surface area contributed by atoms with Gasteiger partial charge in [-0.25, -0.2) is 4.98 Å². The minimum atomic E-state index is -0.0654. The molecule has 0 spiro atoms. The predicted octanol–water partition coefficient (Wildman–Crippen LogP) is 3.21. The molecule has 2 amide bonds. The summed E-state index contributed by atoms with van der Waals surface area (Å²) in [5, 5.41) is 2.75. The van der Waals surface area contributed by atoms with Crippen molar-refractivity contribution in [2.45, 2.75) is 38.6 Å². The Morgan fingerprint density at radius 1 is 1.14 bits per heavy atom. The average molecular weight is 395 g/mol. The number of carbonyl (C=O) groups is 2. The number of rotatable bonds is 7. The molecule has 0 bridgehead atoms. The van der Waals surface area contributed by atoms with Crippen molar-refractivity contribution in [3.63, 3.8) is 0 Å². The molecule has 0 radical (unpaired) electrons. The lowest BCUT2D eigenvalue weighted by molar-refractivity contribution is -0.115. The summed E-state index contributed by atoms with van der Waals surface area (Å²) < 4.78 is 0. The molecule has 1 aromatic carbocycles. The SMILES string of the molecule is CCC(=O)Nc1ccc(C(=O)N2CCC(N(C)CCc3ccccc3)CC2)nc1. The largest absolute Gasteiger partial charge is 0.337 e. The number of nitrogens with one attached hydrogen (secondary N) is 1. The smallest absolute Gasteiger partial charge is 0.272 e. The number of benzene rings is 1. The van der Waals surface area contributed by atoms with Crippen LogP contribution in [0.4, 0.5) is 5.69 Å². The number of hydrogen-bond donors (Lipinski definition) is 1. The third kappa shape index (κ3) is 5.87. The number of carbonyl (C=O) groups excluding carboxylic acids is 2. The number of nitrogens with zero attached hydrogens (tertiary/aromatic N) is 3. The Kier molecular flexibility index (Phi) is 7.36. The molecule has 0 aliphatic carbocycles. The number of likely N-dealkylation sites (tertiary alicyclic amines) is 1. The summed E-state index contributed by atoms with van der Waals surface area (Å²) in [5.74, 6) is -0.104. The third-order valence-electron chi connectivity index (χ3n) is 5.56. The second-order valence-corrected chi connectivity index (χ2v) is 7.57. The molecule has 1 N–H and O–H groups in total. The van der Waals surface area contributed by atoms with E-state index in [1.54, 1.807) is 25.3 Å². The minimum Gasteiger partial charge on any atom is -0.337 e. The van der Waals surface area contributed by atoms with Gasteiger partial charge in [-0.3, -0.25) is 9.59 Å². The van der Waals surface area contributed by atoms with Crippen LogP contribution in [0.3, 0.4) is 0 Å². The minimum absolute atomic E-state index is 0.0382. The molecule has 154 valence electrons. The Hall–Kier alpha value is -2.73. The molecule has 1 aliphatic rings. The zero-order valence-electron chi connectivity index (χ0n) is 17.3. The molecule has 3 rings (SSSR count). The van der Waals surface area contributed by atoms with E-state index in [1.165, 1.54) is 5.56 Å². The summed E-state index contributed by atoms with van der Waals surface area (Å²) in [6.45, 7) is 4.31. The first kappa shape index (κ1) is 21.0. The molecular formula is C23H30N4O2. The van der Waals surface area contributed by atoms with Crippen molar-refractivity contribution >= 4 is 17.5 Å². The van der Waals surface area contributed by atoms with E-state index in [-0.39, 0.29) is 11.8 Å². The van der Waals surface area contributed by atoms with Crippen LogP contribution in [0.2, 0.25) is 0 Å². The molecule has 2 aromatic rings. The summed E-state index contributed by atoms with van der Waals surface area (Å²) in [7, 11) is 2.18. The van der Waals surface area contributed by atoms with Crippen LogP contribution >= 0.6 is 0 Å². The molecule has 0 atom stereocenters. The van der Waals surface area contributed by atoms with Gasteiger partial charge in [0, 0.05) is 32.1 Å². The van der Waals surface area contributed by atoms with Gasteiger partial charge < -0.3 is 15.1 Å². The van der Waals surface area contributed by atoms with Crippen LogP contribution in [0.15, 0.2) is 48.7 Å². The zero-order chi connectivity index (χ0) is 20.6. The number of pyridine rings is 1. The van der Waals surface area contributed by atoms with Gasteiger partial charge in [0.2, 0.25) is 5.91 Å². The van der Waals surface area contributed by atoms with E-state index in [0.717, 1.165) is 38.9 Å². The van der Waals surface area contributed by atoms with Crippen LogP contribution in [0.1, 0.15) is 42.2 Å².